The molecule has 0 spiro atoms. The average Bonchev–Trinajstić information content (AvgIpc) is 2.74. The Hall–Kier alpha value is -2.61. The smallest absolute Gasteiger partial charge is 0.345 e. The summed E-state index contributed by atoms with van der Waals surface area (Å²) in [7, 11) is 0. The number of carbonyl (C=O) groups excluding carboxylic acids is 2. The number of H-pyrrole nitrogens is 1. The normalized spacial score (nSPS) is 10.3. The molecule has 0 atom stereocenters. The molecule has 1 aromatic heterocycles. The van der Waals surface area contributed by atoms with E-state index >= 15 is 0 Å². The van der Waals surface area contributed by atoms with Crippen molar-refractivity contribution in [2.24, 2.45) is 0 Å². The number of anilines is 1. The van der Waals surface area contributed by atoms with Crippen molar-refractivity contribution in [3.05, 3.63) is 40.0 Å². The Bertz CT molecular complexity index is 763. The van der Waals surface area contributed by atoms with E-state index in [1.165, 1.54) is 12.1 Å². The van der Waals surface area contributed by atoms with Gasteiger partial charge in [-0.15, -0.1) is 0 Å². The number of nitrogens with two attached hydrogens (primary N) is 1. The highest BCUT2D eigenvalue weighted by molar-refractivity contribution is 7.71. The van der Waals surface area contributed by atoms with Crippen LogP contribution in [0.25, 0.3) is 0 Å². The number of rotatable bonds is 3. The van der Waals surface area contributed by atoms with Gasteiger partial charge in [0, 0.05) is 0 Å². The fraction of sp³-hybridized carbons (Fsp3) is 0.154. The number of hydrogen-bond donors (Lipinski definition) is 3. The fourth-order valence-corrected chi connectivity index (χ4v) is 2.06. The number of hydrogen-bond acceptors (Lipinski definition) is 6. The molecule has 2 rings (SSSR count). The van der Waals surface area contributed by atoms with Gasteiger partial charge in [0.1, 0.15) is 21.8 Å². The number of nitrogen functional groups attached to an aromatic ring is 1. The van der Waals surface area contributed by atoms with E-state index in [2.05, 4.69) is 5.10 Å². The lowest BCUT2D eigenvalue weighted by Gasteiger charge is -2.06. The number of para-hydroxylation sites is 1. The second-order valence-corrected chi connectivity index (χ2v) is 4.49. The van der Waals surface area contributed by atoms with Gasteiger partial charge in [0.2, 0.25) is 0 Å². The van der Waals surface area contributed by atoms with E-state index in [0.29, 0.717) is 0 Å². The molecule has 4 N–H and O–H groups in total. The monoisotopic (exact) mass is 307 g/mol. The predicted molar refractivity (Wildman–Crippen MR) is 77.8 cm³/mol. The molecule has 0 fully saturated rings. The third-order valence-electron chi connectivity index (χ3n) is 2.75. The molecular weight excluding hydrogens is 294 g/mol. The first-order valence-electron chi connectivity index (χ1n) is 6.07. The molecule has 0 aliphatic heterocycles. The van der Waals surface area contributed by atoms with Gasteiger partial charge in [0.05, 0.1) is 12.2 Å². The number of esters is 1. The number of phenols is 1. The molecule has 0 bridgehead atoms. The molecule has 2 aromatic rings. The summed E-state index contributed by atoms with van der Waals surface area (Å²) in [4.78, 5) is 24.1. The van der Waals surface area contributed by atoms with E-state index in [-0.39, 0.29) is 33.9 Å². The van der Waals surface area contributed by atoms with E-state index in [1.54, 1.807) is 19.1 Å². The maximum atomic E-state index is 12.3. The summed E-state index contributed by atoms with van der Waals surface area (Å²) in [5.41, 5.74) is 5.74. The molecule has 110 valence electrons. The van der Waals surface area contributed by atoms with Gasteiger partial charge in [-0.2, -0.15) is 0 Å². The highest BCUT2D eigenvalue weighted by Crippen LogP contribution is 2.21. The number of benzene rings is 1. The summed E-state index contributed by atoms with van der Waals surface area (Å²) in [6.07, 6.45) is 0. The second kappa shape index (κ2) is 5.80. The minimum absolute atomic E-state index is 0.00489. The lowest BCUT2D eigenvalue weighted by Crippen LogP contribution is -2.17. The van der Waals surface area contributed by atoms with Gasteiger partial charge in [0.15, 0.2) is 0 Å². The number of aromatic amines is 1. The van der Waals surface area contributed by atoms with Crippen LogP contribution in [-0.2, 0) is 4.74 Å². The first kappa shape index (κ1) is 14.8. The van der Waals surface area contributed by atoms with Crippen molar-refractivity contribution in [2.45, 2.75) is 6.92 Å². The minimum atomic E-state index is -0.708. The largest absolute Gasteiger partial charge is 0.507 e. The number of ether oxygens (including phenoxy) is 1. The van der Waals surface area contributed by atoms with Crippen molar-refractivity contribution >= 4 is 29.9 Å². The van der Waals surface area contributed by atoms with Gasteiger partial charge < -0.3 is 15.6 Å². The standard InChI is InChI=1S/C13H13N3O4S/c1-2-20-13(19)9-10(14)16(15-11(9)21)12(18)7-5-3-4-6-8(7)17/h3-6,17H,2,14H2,1H3,(H,15,21). The SMILES string of the molecule is CCOC(=O)c1c(N)n(C(=O)c2ccccc2O)[nH]c1=S. The van der Waals surface area contributed by atoms with E-state index in [4.69, 9.17) is 22.7 Å². The van der Waals surface area contributed by atoms with E-state index in [0.717, 1.165) is 4.68 Å². The van der Waals surface area contributed by atoms with Crippen molar-refractivity contribution < 1.29 is 19.4 Å². The zero-order valence-corrected chi connectivity index (χ0v) is 11.9. The first-order chi connectivity index (χ1) is 9.97. The molecule has 0 unspecified atom stereocenters. The number of carbonyl (C=O) groups is 2. The molecule has 0 radical (unpaired) electrons. The zero-order chi connectivity index (χ0) is 15.6. The van der Waals surface area contributed by atoms with E-state index < -0.39 is 11.9 Å². The Morgan fingerprint density at radius 3 is 2.71 bits per heavy atom. The Balaban J connectivity index is 2.50. The second-order valence-electron chi connectivity index (χ2n) is 4.08. The van der Waals surface area contributed by atoms with Crippen molar-refractivity contribution in [1.82, 2.24) is 9.78 Å². The van der Waals surface area contributed by atoms with Crippen LogP contribution in [0.15, 0.2) is 24.3 Å². The zero-order valence-electron chi connectivity index (χ0n) is 11.1. The van der Waals surface area contributed by atoms with Crippen LogP contribution in [0.1, 0.15) is 27.6 Å². The van der Waals surface area contributed by atoms with Gasteiger partial charge in [-0.25, -0.2) is 9.48 Å². The molecular formula is C13H13N3O4S. The number of nitrogens with one attached hydrogen (secondary N) is 1. The fourth-order valence-electron chi connectivity index (χ4n) is 1.78. The highest BCUT2D eigenvalue weighted by Gasteiger charge is 2.23. The highest BCUT2D eigenvalue weighted by atomic mass is 32.1. The minimum Gasteiger partial charge on any atom is -0.507 e. The van der Waals surface area contributed by atoms with Crippen LogP contribution < -0.4 is 5.73 Å². The van der Waals surface area contributed by atoms with Gasteiger partial charge in [0.25, 0.3) is 5.91 Å². The number of phenolic OH excluding ortho intramolecular Hbond substituents is 1. The van der Waals surface area contributed by atoms with Crippen molar-refractivity contribution in [1.29, 1.82) is 0 Å². The molecule has 8 heteroatoms. The lowest BCUT2D eigenvalue weighted by atomic mass is 10.2. The molecule has 0 aliphatic carbocycles. The van der Waals surface area contributed by atoms with Crippen LogP contribution in [0.3, 0.4) is 0 Å². The van der Waals surface area contributed by atoms with Crippen LogP contribution >= 0.6 is 12.2 Å². The third-order valence-corrected chi connectivity index (χ3v) is 3.05. The van der Waals surface area contributed by atoms with Gasteiger partial charge in [-0.1, -0.05) is 24.4 Å². The molecule has 0 aliphatic rings. The lowest BCUT2D eigenvalue weighted by molar-refractivity contribution is 0.0527. The molecule has 0 amide bonds. The Morgan fingerprint density at radius 1 is 1.43 bits per heavy atom. The van der Waals surface area contributed by atoms with Gasteiger partial charge >= 0.3 is 5.97 Å². The average molecular weight is 307 g/mol. The molecule has 0 saturated carbocycles. The molecule has 7 nitrogen and oxygen atoms in total. The van der Waals surface area contributed by atoms with Crippen LogP contribution in [0.5, 0.6) is 5.75 Å². The Kier molecular flexibility index (Phi) is 4.08. The van der Waals surface area contributed by atoms with E-state index in [9.17, 15) is 14.7 Å². The topological polar surface area (TPSA) is 110 Å². The van der Waals surface area contributed by atoms with Crippen molar-refractivity contribution in [3.8, 4) is 5.75 Å². The van der Waals surface area contributed by atoms with Crippen LogP contribution in [0.4, 0.5) is 5.82 Å². The van der Waals surface area contributed by atoms with Crippen LogP contribution in [0.2, 0.25) is 0 Å². The van der Waals surface area contributed by atoms with Crippen molar-refractivity contribution in [2.75, 3.05) is 12.3 Å². The predicted octanol–water partition coefficient (Wildman–Crippen LogP) is 1.70. The van der Waals surface area contributed by atoms with Gasteiger partial charge in [-0.3, -0.25) is 9.89 Å². The number of aromatic hydroxyl groups is 1. The van der Waals surface area contributed by atoms with Crippen LogP contribution in [0, 0.1) is 4.64 Å². The molecule has 0 saturated heterocycles. The van der Waals surface area contributed by atoms with Crippen molar-refractivity contribution in [3.63, 3.8) is 0 Å². The maximum Gasteiger partial charge on any atom is 0.345 e. The summed E-state index contributed by atoms with van der Waals surface area (Å²) >= 11 is 4.98. The van der Waals surface area contributed by atoms with Gasteiger partial charge in [-0.05, 0) is 19.1 Å². The Morgan fingerprint density at radius 2 is 2.10 bits per heavy atom. The molecule has 1 heterocycles. The summed E-state index contributed by atoms with van der Waals surface area (Å²) in [6.45, 7) is 1.80. The molecule has 1 aromatic carbocycles. The summed E-state index contributed by atoms with van der Waals surface area (Å²) in [6, 6.07) is 5.97. The third kappa shape index (κ3) is 2.65. The number of aromatic nitrogens is 2. The summed E-state index contributed by atoms with van der Waals surface area (Å²) < 4.78 is 5.73. The summed E-state index contributed by atoms with van der Waals surface area (Å²) in [5, 5.41) is 12.2. The quantitative estimate of drug-likeness (QED) is 0.588. The maximum absolute atomic E-state index is 12.3. The first-order valence-corrected chi connectivity index (χ1v) is 6.48. The number of nitrogens with zero attached hydrogens (tertiary/aromatic N) is 1. The molecule has 21 heavy (non-hydrogen) atoms. The van der Waals surface area contributed by atoms with Crippen LogP contribution in [-0.4, -0.2) is 33.4 Å². The summed E-state index contributed by atoms with van der Waals surface area (Å²) in [5.74, 6) is -1.70. The Labute approximate surface area is 124 Å². The van der Waals surface area contributed by atoms with E-state index in [1.807, 2.05) is 0 Å².